The molecule has 0 amide bonds. The molecule has 15 heavy (non-hydrogen) atoms. The average Bonchev–Trinajstić information content (AvgIpc) is 2.48. The van der Waals surface area contributed by atoms with Gasteiger partial charge >= 0.3 is 5.97 Å². The minimum absolute atomic E-state index is 0.225. The fourth-order valence-electron chi connectivity index (χ4n) is 1.87. The van der Waals surface area contributed by atoms with E-state index in [1.165, 1.54) is 19.3 Å². The minimum Gasteiger partial charge on any atom is -0.427 e. The fourth-order valence-corrected chi connectivity index (χ4v) is 2.51. The van der Waals surface area contributed by atoms with E-state index >= 15 is 0 Å². The van der Waals surface area contributed by atoms with Gasteiger partial charge in [0.1, 0.15) is 4.48 Å². The first-order chi connectivity index (χ1) is 7.18. The number of ether oxygens (including phenoxy) is 2. The van der Waals surface area contributed by atoms with Gasteiger partial charge in [0.2, 0.25) is 6.29 Å². The molecule has 0 saturated heterocycles. The molecule has 1 aliphatic heterocycles. The van der Waals surface area contributed by atoms with Gasteiger partial charge in [-0.3, -0.25) is 0 Å². The van der Waals surface area contributed by atoms with E-state index in [0.29, 0.717) is 8.96 Å². The van der Waals surface area contributed by atoms with Crippen molar-refractivity contribution < 1.29 is 14.3 Å². The first-order valence-electron chi connectivity index (χ1n) is 5.10. The zero-order chi connectivity index (χ0) is 10.8. The Labute approximate surface area is 105 Å². The predicted molar refractivity (Wildman–Crippen MR) is 62.7 cm³/mol. The molecular formula is C10H12Br2O3. The van der Waals surface area contributed by atoms with E-state index < -0.39 is 6.29 Å². The Morgan fingerprint density at radius 1 is 1.20 bits per heavy atom. The number of carbonyl (C=O) groups excluding carboxylic acids is 1. The topological polar surface area (TPSA) is 35.5 Å². The zero-order valence-electron chi connectivity index (χ0n) is 8.17. The lowest BCUT2D eigenvalue weighted by Gasteiger charge is -2.24. The number of cyclic esters (lactones) is 1. The standard InChI is InChI=1S/C10H12Br2O3/c11-7-8(12)10(15-9(7)13)14-6-4-2-1-3-5-6/h6,10H,1-5H2. The van der Waals surface area contributed by atoms with Gasteiger partial charge in [-0.1, -0.05) is 19.3 Å². The van der Waals surface area contributed by atoms with E-state index in [1.807, 2.05) is 0 Å². The molecule has 2 aliphatic rings. The van der Waals surface area contributed by atoms with E-state index in [2.05, 4.69) is 31.9 Å². The van der Waals surface area contributed by atoms with E-state index in [-0.39, 0.29) is 12.1 Å². The number of rotatable bonds is 2. The summed E-state index contributed by atoms with van der Waals surface area (Å²) in [5.41, 5.74) is 0. The smallest absolute Gasteiger partial charge is 0.348 e. The van der Waals surface area contributed by atoms with Crippen molar-refractivity contribution in [3.63, 3.8) is 0 Å². The van der Waals surface area contributed by atoms with Crippen LogP contribution in [-0.2, 0) is 14.3 Å². The van der Waals surface area contributed by atoms with E-state index in [9.17, 15) is 4.79 Å². The van der Waals surface area contributed by atoms with Crippen molar-refractivity contribution in [1.82, 2.24) is 0 Å². The Balaban J connectivity index is 1.93. The quantitative estimate of drug-likeness (QED) is 0.724. The third kappa shape index (κ3) is 2.63. The molecule has 1 unspecified atom stereocenters. The van der Waals surface area contributed by atoms with Crippen molar-refractivity contribution in [3.05, 3.63) is 8.96 Å². The highest BCUT2D eigenvalue weighted by molar-refractivity contribution is 9.14. The van der Waals surface area contributed by atoms with Crippen LogP contribution < -0.4 is 0 Å². The van der Waals surface area contributed by atoms with Crippen LogP contribution in [-0.4, -0.2) is 18.4 Å². The molecule has 5 heteroatoms. The minimum atomic E-state index is -0.546. The van der Waals surface area contributed by atoms with Gasteiger partial charge < -0.3 is 9.47 Å². The van der Waals surface area contributed by atoms with Crippen molar-refractivity contribution in [1.29, 1.82) is 0 Å². The molecule has 0 aromatic carbocycles. The van der Waals surface area contributed by atoms with Gasteiger partial charge in [-0.2, -0.15) is 0 Å². The predicted octanol–water partition coefficient (Wildman–Crippen LogP) is 3.22. The van der Waals surface area contributed by atoms with Crippen LogP contribution in [0.15, 0.2) is 8.96 Å². The van der Waals surface area contributed by atoms with Gasteiger partial charge in [0, 0.05) is 0 Å². The van der Waals surface area contributed by atoms with Crippen LogP contribution >= 0.6 is 31.9 Å². The third-order valence-corrected chi connectivity index (χ3v) is 4.73. The molecule has 0 N–H and O–H groups in total. The molecule has 3 nitrogen and oxygen atoms in total. The summed E-state index contributed by atoms with van der Waals surface area (Å²) in [5.74, 6) is -0.359. The first kappa shape index (κ1) is 11.6. The highest BCUT2D eigenvalue weighted by Crippen LogP contribution is 2.34. The first-order valence-corrected chi connectivity index (χ1v) is 6.68. The normalized spacial score (nSPS) is 28.4. The van der Waals surface area contributed by atoms with Crippen molar-refractivity contribution in [2.45, 2.75) is 44.5 Å². The largest absolute Gasteiger partial charge is 0.427 e. The lowest BCUT2D eigenvalue weighted by atomic mass is 9.98. The van der Waals surface area contributed by atoms with Crippen LogP contribution in [0.5, 0.6) is 0 Å². The van der Waals surface area contributed by atoms with Gasteiger partial charge in [-0.05, 0) is 44.7 Å². The maximum atomic E-state index is 11.2. The molecule has 1 heterocycles. The van der Waals surface area contributed by atoms with Crippen molar-refractivity contribution >= 4 is 37.8 Å². The Kier molecular flexibility index (Phi) is 3.85. The molecule has 0 aromatic heterocycles. The van der Waals surface area contributed by atoms with Gasteiger partial charge in [0.15, 0.2) is 0 Å². The Morgan fingerprint density at radius 2 is 1.87 bits per heavy atom. The summed E-state index contributed by atoms with van der Waals surface area (Å²) >= 11 is 6.45. The van der Waals surface area contributed by atoms with E-state index in [4.69, 9.17) is 9.47 Å². The summed E-state index contributed by atoms with van der Waals surface area (Å²) in [7, 11) is 0. The van der Waals surface area contributed by atoms with Crippen LogP contribution in [0.25, 0.3) is 0 Å². The highest BCUT2D eigenvalue weighted by atomic mass is 79.9. The number of hydrogen-bond donors (Lipinski definition) is 0. The molecule has 0 aromatic rings. The maximum Gasteiger partial charge on any atom is 0.348 e. The molecule has 0 bridgehead atoms. The van der Waals surface area contributed by atoms with Crippen LogP contribution in [0.1, 0.15) is 32.1 Å². The molecule has 84 valence electrons. The fraction of sp³-hybridized carbons (Fsp3) is 0.700. The third-order valence-electron chi connectivity index (χ3n) is 2.68. The summed E-state index contributed by atoms with van der Waals surface area (Å²) in [4.78, 5) is 11.2. The van der Waals surface area contributed by atoms with Crippen LogP contribution in [0, 0.1) is 0 Å². The Bertz CT molecular complexity index is 295. The number of halogens is 2. The molecule has 1 fully saturated rings. The molecule has 2 rings (SSSR count). The van der Waals surface area contributed by atoms with Gasteiger partial charge in [0.25, 0.3) is 0 Å². The van der Waals surface area contributed by atoms with Crippen molar-refractivity contribution in [2.75, 3.05) is 0 Å². The summed E-state index contributed by atoms with van der Waals surface area (Å²) in [5, 5.41) is 0. The Morgan fingerprint density at radius 3 is 2.40 bits per heavy atom. The average molecular weight is 340 g/mol. The molecular weight excluding hydrogens is 328 g/mol. The van der Waals surface area contributed by atoms with Crippen LogP contribution in [0.2, 0.25) is 0 Å². The second kappa shape index (κ2) is 4.97. The number of carbonyl (C=O) groups is 1. The number of esters is 1. The summed E-state index contributed by atoms with van der Waals surface area (Å²) in [6.45, 7) is 0. The lowest BCUT2D eigenvalue weighted by molar-refractivity contribution is -0.169. The van der Waals surface area contributed by atoms with Crippen LogP contribution in [0.4, 0.5) is 0 Å². The summed E-state index contributed by atoms with van der Waals surface area (Å²) in [6, 6.07) is 0. The molecule has 0 radical (unpaired) electrons. The van der Waals surface area contributed by atoms with Crippen molar-refractivity contribution in [3.8, 4) is 0 Å². The van der Waals surface area contributed by atoms with Crippen molar-refractivity contribution in [2.24, 2.45) is 0 Å². The molecule has 1 aliphatic carbocycles. The maximum absolute atomic E-state index is 11.2. The second-order valence-corrected chi connectivity index (χ2v) is 5.44. The number of hydrogen-bond acceptors (Lipinski definition) is 3. The molecule has 0 spiro atoms. The molecule has 1 atom stereocenters. The van der Waals surface area contributed by atoms with Gasteiger partial charge in [-0.25, -0.2) is 4.79 Å². The van der Waals surface area contributed by atoms with Gasteiger partial charge in [0.05, 0.1) is 10.6 Å². The second-order valence-electron chi connectivity index (χ2n) is 3.80. The Hall–Kier alpha value is 0.130. The summed E-state index contributed by atoms with van der Waals surface area (Å²) in [6.07, 6.45) is 5.49. The van der Waals surface area contributed by atoms with E-state index in [1.54, 1.807) is 0 Å². The lowest BCUT2D eigenvalue weighted by Crippen LogP contribution is -2.25. The van der Waals surface area contributed by atoms with Crippen LogP contribution in [0.3, 0.4) is 0 Å². The SMILES string of the molecule is O=C1OC(OC2CCCCC2)C(Br)=C1Br. The zero-order valence-corrected chi connectivity index (χ0v) is 11.3. The van der Waals surface area contributed by atoms with E-state index in [0.717, 1.165) is 12.8 Å². The van der Waals surface area contributed by atoms with Gasteiger partial charge in [-0.15, -0.1) is 0 Å². The highest BCUT2D eigenvalue weighted by Gasteiger charge is 2.34. The monoisotopic (exact) mass is 338 g/mol. The summed E-state index contributed by atoms with van der Waals surface area (Å²) < 4.78 is 11.9. The molecule has 1 saturated carbocycles.